The largest absolute Gasteiger partial charge is 0.271 e. The van der Waals surface area contributed by atoms with Crippen LogP contribution in [0, 0.1) is 0 Å². The lowest BCUT2D eigenvalue weighted by atomic mass is 9.94. The Labute approximate surface area is 133 Å². The van der Waals surface area contributed by atoms with E-state index in [4.69, 9.17) is 5.84 Å². The summed E-state index contributed by atoms with van der Waals surface area (Å²) < 4.78 is 1.09. The molecule has 106 valence electrons. The number of rotatable bonds is 4. The summed E-state index contributed by atoms with van der Waals surface area (Å²) in [5.41, 5.74) is 5.45. The Morgan fingerprint density at radius 2 is 1.71 bits per heavy atom. The summed E-state index contributed by atoms with van der Waals surface area (Å²) in [5, 5.41) is 2.49. The third kappa shape index (κ3) is 3.16. The molecule has 0 fully saturated rings. The van der Waals surface area contributed by atoms with Crippen LogP contribution in [-0.2, 0) is 6.42 Å². The smallest absolute Gasteiger partial charge is 0.0506 e. The molecule has 0 aliphatic heterocycles. The van der Waals surface area contributed by atoms with Crippen LogP contribution in [0.4, 0.5) is 0 Å². The highest BCUT2D eigenvalue weighted by atomic mass is 79.9. The minimum absolute atomic E-state index is 0.0883. The van der Waals surface area contributed by atoms with Crippen molar-refractivity contribution in [2.45, 2.75) is 12.5 Å². The van der Waals surface area contributed by atoms with Gasteiger partial charge in [0.15, 0.2) is 0 Å². The van der Waals surface area contributed by atoms with E-state index in [2.05, 4.69) is 82.0 Å². The number of fused-ring (bicyclic) bond motifs is 1. The molecule has 0 saturated carbocycles. The quantitative estimate of drug-likeness (QED) is 0.547. The van der Waals surface area contributed by atoms with E-state index in [1.807, 2.05) is 6.07 Å². The Morgan fingerprint density at radius 1 is 0.952 bits per heavy atom. The summed E-state index contributed by atoms with van der Waals surface area (Å²) in [6, 6.07) is 23.2. The maximum absolute atomic E-state index is 5.82. The second-order valence-electron chi connectivity index (χ2n) is 5.12. The standard InChI is InChI=1S/C18H17BrN2/c19-15-8-3-5-13(11-15)12-18(21-20)17-10-4-7-14-6-1-2-9-16(14)17/h1-11,18,21H,12,20H2. The zero-order valence-electron chi connectivity index (χ0n) is 11.6. The van der Waals surface area contributed by atoms with Gasteiger partial charge in [-0.05, 0) is 40.5 Å². The maximum atomic E-state index is 5.82. The third-order valence-electron chi connectivity index (χ3n) is 3.73. The van der Waals surface area contributed by atoms with Crippen LogP contribution in [-0.4, -0.2) is 0 Å². The van der Waals surface area contributed by atoms with Crippen molar-refractivity contribution in [3.63, 3.8) is 0 Å². The molecule has 3 aromatic carbocycles. The van der Waals surface area contributed by atoms with E-state index >= 15 is 0 Å². The van der Waals surface area contributed by atoms with Crippen molar-refractivity contribution < 1.29 is 0 Å². The first-order valence-corrected chi connectivity index (χ1v) is 7.75. The SMILES string of the molecule is NNC(Cc1cccc(Br)c1)c1cccc2ccccc12. The van der Waals surface area contributed by atoms with E-state index in [0.717, 1.165) is 10.9 Å². The van der Waals surface area contributed by atoms with Gasteiger partial charge < -0.3 is 0 Å². The van der Waals surface area contributed by atoms with Gasteiger partial charge in [0.2, 0.25) is 0 Å². The summed E-state index contributed by atoms with van der Waals surface area (Å²) in [5.74, 6) is 5.82. The summed E-state index contributed by atoms with van der Waals surface area (Å²) >= 11 is 3.52. The highest BCUT2D eigenvalue weighted by Gasteiger charge is 2.13. The molecule has 0 aliphatic carbocycles. The van der Waals surface area contributed by atoms with Gasteiger partial charge in [0.05, 0.1) is 6.04 Å². The van der Waals surface area contributed by atoms with E-state index in [1.54, 1.807) is 0 Å². The fourth-order valence-corrected chi connectivity index (χ4v) is 3.16. The fourth-order valence-electron chi connectivity index (χ4n) is 2.71. The molecule has 3 aromatic rings. The molecule has 0 spiro atoms. The van der Waals surface area contributed by atoms with Crippen molar-refractivity contribution in [2.75, 3.05) is 0 Å². The molecule has 1 unspecified atom stereocenters. The molecule has 3 heteroatoms. The highest BCUT2D eigenvalue weighted by Crippen LogP contribution is 2.27. The molecular formula is C18H17BrN2. The van der Waals surface area contributed by atoms with E-state index in [1.165, 1.54) is 21.9 Å². The highest BCUT2D eigenvalue weighted by molar-refractivity contribution is 9.10. The van der Waals surface area contributed by atoms with Crippen molar-refractivity contribution >= 4 is 26.7 Å². The third-order valence-corrected chi connectivity index (χ3v) is 4.22. The Balaban J connectivity index is 1.98. The van der Waals surface area contributed by atoms with Gasteiger partial charge >= 0.3 is 0 Å². The maximum Gasteiger partial charge on any atom is 0.0506 e. The molecule has 3 N–H and O–H groups in total. The van der Waals surface area contributed by atoms with E-state index in [0.29, 0.717) is 0 Å². The lowest BCUT2D eigenvalue weighted by Gasteiger charge is -2.19. The lowest BCUT2D eigenvalue weighted by molar-refractivity contribution is 0.555. The van der Waals surface area contributed by atoms with Gasteiger partial charge in [-0.15, -0.1) is 0 Å². The van der Waals surface area contributed by atoms with Crippen LogP contribution >= 0.6 is 15.9 Å². The van der Waals surface area contributed by atoms with Crippen molar-refractivity contribution in [1.82, 2.24) is 5.43 Å². The summed E-state index contributed by atoms with van der Waals surface area (Å²) in [6.07, 6.45) is 0.851. The Hall–Kier alpha value is -1.68. The number of nitrogens with two attached hydrogens (primary N) is 1. The molecule has 0 saturated heterocycles. The zero-order chi connectivity index (χ0) is 14.7. The van der Waals surface area contributed by atoms with Gasteiger partial charge in [-0.2, -0.15) is 0 Å². The molecule has 0 amide bonds. The van der Waals surface area contributed by atoms with E-state index < -0.39 is 0 Å². The predicted molar refractivity (Wildman–Crippen MR) is 91.9 cm³/mol. The van der Waals surface area contributed by atoms with Crippen LogP contribution in [0.15, 0.2) is 71.2 Å². The van der Waals surface area contributed by atoms with Crippen LogP contribution in [0.25, 0.3) is 10.8 Å². The molecule has 2 nitrogen and oxygen atoms in total. The second kappa shape index (κ2) is 6.39. The molecule has 0 radical (unpaired) electrons. The number of hydrogen-bond donors (Lipinski definition) is 2. The molecule has 0 heterocycles. The van der Waals surface area contributed by atoms with Gasteiger partial charge in [-0.25, -0.2) is 0 Å². The molecule has 0 aromatic heterocycles. The molecule has 21 heavy (non-hydrogen) atoms. The molecule has 0 aliphatic rings. The average molecular weight is 341 g/mol. The zero-order valence-corrected chi connectivity index (χ0v) is 13.2. The van der Waals surface area contributed by atoms with Gasteiger partial charge in [0, 0.05) is 4.47 Å². The Kier molecular flexibility index (Phi) is 4.34. The monoisotopic (exact) mass is 340 g/mol. The number of nitrogens with one attached hydrogen (secondary N) is 1. The average Bonchev–Trinajstić information content (AvgIpc) is 2.52. The number of benzene rings is 3. The van der Waals surface area contributed by atoms with Crippen molar-refractivity contribution in [2.24, 2.45) is 5.84 Å². The summed E-state index contributed by atoms with van der Waals surface area (Å²) in [4.78, 5) is 0. The normalized spacial score (nSPS) is 12.5. The Morgan fingerprint density at radius 3 is 2.52 bits per heavy atom. The number of hydrazine groups is 1. The lowest BCUT2D eigenvalue weighted by Crippen LogP contribution is -2.29. The molecule has 1 atom stereocenters. The first-order valence-electron chi connectivity index (χ1n) is 6.96. The van der Waals surface area contributed by atoms with Gasteiger partial charge in [0.1, 0.15) is 0 Å². The van der Waals surface area contributed by atoms with Crippen LogP contribution in [0.5, 0.6) is 0 Å². The van der Waals surface area contributed by atoms with Gasteiger partial charge in [-0.1, -0.05) is 70.5 Å². The Bertz CT molecular complexity index is 750. The number of hydrogen-bond acceptors (Lipinski definition) is 2. The second-order valence-corrected chi connectivity index (χ2v) is 6.04. The summed E-state index contributed by atoms with van der Waals surface area (Å²) in [7, 11) is 0. The van der Waals surface area contributed by atoms with Crippen LogP contribution in [0.1, 0.15) is 17.2 Å². The van der Waals surface area contributed by atoms with Crippen molar-refractivity contribution in [3.05, 3.63) is 82.3 Å². The summed E-state index contributed by atoms with van der Waals surface area (Å²) in [6.45, 7) is 0. The van der Waals surface area contributed by atoms with Crippen LogP contribution in [0.2, 0.25) is 0 Å². The molecular weight excluding hydrogens is 324 g/mol. The van der Waals surface area contributed by atoms with Gasteiger partial charge in [0.25, 0.3) is 0 Å². The van der Waals surface area contributed by atoms with Crippen molar-refractivity contribution in [1.29, 1.82) is 0 Å². The van der Waals surface area contributed by atoms with E-state index in [-0.39, 0.29) is 6.04 Å². The first-order chi connectivity index (χ1) is 10.3. The predicted octanol–water partition coefficient (Wildman–Crippen LogP) is 4.35. The fraction of sp³-hybridized carbons (Fsp3) is 0.111. The minimum atomic E-state index is 0.0883. The molecule has 3 rings (SSSR count). The first kappa shape index (κ1) is 14.3. The van der Waals surface area contributed by atoms with Crippen molar-refractivity contribution in [3.8, 4) is 0 Å². The minimum Gasteiger partial charge on any atom is -0.271 e. The topological polar surface area (TPSA) is 38.0 Å². The molecule has 0 bridgehead atoms. The van der Waals surface area contributed by atoms with Gasteiger partial charge in [-0.3, -0.25) is 11.3 Å². The van der Waals surface area contributed by atoms with Crippen LogP contribution in [0.3, 0.4) is 0 Å². The number of halogens is 1. The van der Waals surface area contributed by atoms with E-state index in [9.17, 15) is 0 Å². The van der Waals surface area contributed by atoms with Crippen LogP contribution < -0.4 is 11.3 Å².